The zero-order valence-corrected chi connectivity index (χ0v) is 15.4. The molecule has 3 rings (SSSR count). The summed E-state index contributed by atoms with van der Waals surface area (Å²) in [6, 6.07) is 10.6. The number of piperazine rings is 1. The summed E-state index contributed by atoms with van der Waals surface area (Å²) in [6.45, 7) is 7.99. The normalized spacial score (nSPS) is 16.7. The van der Waals surface area contributed by atoms with Gasteiger partial charge in [0.25, 0.3) is 0 Å². The Bertz CT molecular complexity index is 692. The fraction of sp³-hybridized carbons (Fsp3) is 0.450. The predicted octanol–water partition coefficient (Wildman–Crippen LogP) is 1.64. The van der Waals surface area contributed by atoms with Crippen LogP contribution in [0.3, 0.4) is 0 Å². The molecule has 1 saturated heterocycles. The van der Waals surface area contributed by atoms with Gasteiger partial charge in [0.05, 0.1) is 39.0 Å². The summed E-state index contributed by atoms with van der Waals surface area (Å²) in [6.07, 6.45) is 1.68. The molecule has 1 aromatic heterocycles. The van der Waals surface area contributed by atoms with Gasteiger partial charge in [-0.3, -0.25) is 4.79 Å². The second-order valence-corrected chi connectivity index (χ2v) is 7.09. The molecule has 0 spiro atoms. The van der Waals surface area contributed by atoms with Crippen LogP contribution >= 0.6 is 0 Å². The SMILES string of the molecule is CC(C)C(=O)NC[C@H](c1ccco1)[NH+]1CCN(c2ccc(F)cc2)CC1. The van der Waals surface area contributed by atoms with E-state index in [9.17, 15) is 9.18 Å². The molecule has 1 aliphatic rings. The van der Waals surface area contributed by atoms with E-state index in [1.54, 1.807) is 6.26 Å². The van der Waals surface area contributed by atoms with E-state index in [-0.39, 0.29) is 23.7 Å². The number of nitrogens with zero attached hydrogens (tertiary/aromatic N) is 1. The van der Waals surface area contributed by atoms with Gasteiger partial charge in [0.1, 0.15) is 5.82 Å². The molecule has 5 nitrogen and oxygen atoms in total. The van der Waals surface area contributed by atoms with Crippen molar-refractivity contribution in [2.45, 2.75) is 19.9 Å². The second-order valence-electron chi connectivity index (χ2n) is 7.09. The number of rotatable bonds is 6. The molecule has 1 atom stereocenters. The van der Waals surface area contributed by atoms with Gasteiger partial charge in [-0.15, -0.1) is 0 Å². The molecule has 1 amide bonds. The molecular formula is C20H27FN3O2+. The van der Waals surface area contributed by atoms with Crippen molar-refractivity contribution in [2.24, 2.45) is 5.92 Å². The van der Waals surface area contributed by atoms with Gasteiger partial charge in [0, 0.05) is 11.6 Å². The van der Waals surface area contributed by atoms with E-state index in [2.05, 4.69) is 10.2 Å². The number of nitrogens with one attached hydrogen (secondary N) is 2. The van der Waals surface area contributed by atoms with E-state index in [0.29, 0.717) is 6.54 Å². The first-order valence-electron chi connectivity index (χ1n) is 9.21. The molecule has 26 heavy (non-hydrogen) atoms. The van der Waals surface area contributed by atoms with Gasteiger partial charge >= 0.3 is 0 Å². The van der Waals surface area contributed by atoms with Gasteiger partial charge < -0.3 is 19.5 Å². The summed E-state index contributed by atoms with van der Waals surface area (Å²) in [5.74, 6) is 0.722. The van der Waals surface area contributed by atoms with E-state index < -0.39 is 0 Å². The maximum absolute atomic E-state index is 13.1. The minimum atomic E-state index is -0.211. The number of anilines is 1. The smallest absolute Gasteiger partial charge is 0.222 e. The monoisotopic (exact) mass is 360 g/mol. The number of furan rings is 1. The number of hydrogen-bond donors (Lipinski definition) is 2. The highest BCUT2D eigenvalue weighted by atomic mass is 19.1. The lowest BCUT2D eigenvalue weighted by Gasteiger charge is -2.37. The van der Waals surface area contributed by atoms with Crippen molar-refractivity contribution < 1.29 is 18.5 Å². The van der Waals surface area contributed by atoms with Crippen LogP contribution in [0.5, 0.6) is 0 Å². The number of halogens is 1. The Hall–Kier alpha value is -2.34. The van der Waals surface area contributed by atoms with Crippen LogP contribution in [-0.4, -0.2) is 38.6 Å². The number of benzene rings is 1. The van der Waals surface area contributed by atoms with Crippen LogP contribution in [0.15, 0.2) is 47.1 Å². The Morgan fingerprint density at radius 3 is 2.50 bits per heavy atom. The number of carbonyl (C=O) groups excluding carboxylic acids is 1. The largest absolute Gasteiger partial charge is 0.463 e. The van der Waals surface area contributed by atoms with Crippen LogP contribution < -0.4 is 15.1 Å². The second kappa shape index (κ2) is 8.36. The van der Waals surface area contributed by atoms with Gasteiger partial charge in [-0.25, -0.2) is 4.39 Å². The fourth-order valence-corrected chi connectivity index (χ4v) is 3.39. The Balaban J connectivity index is 1.63. The average molecular weight is 360 g/mol. The summed E-state index contributed by atoms with van der Waals surface area (Å²) in [5, 5.41) is 3.04. The standard InChI is InChI=1S/C20H26FN3O2/c1-15(2)20(25)22-14-18(19-4-3-13-26-19)24-11-9-23(10-12-24)17-7-5-16(21)6-8-17/h3-8,13,15,18H,9-12,14H2,1-2H3,(H,22,25)/p+1/t18-/m1/s1. The minimum Gasteiger partial charge on any atom is -0.463 e. The van der Waals surface area contributed by atoms with Crippen molar-refractivity contribution in [2.75, 3.05) is 37.6 Å². The molecule has 1 aliphatic heterocycles. The van der Waals surface area contributed by atoms with Crippen LogP contribution in [0.2, 0.25) is 0 Å². The van der Waals surface area contributed by atoms with E-state index in [1.807, 2.05) is 38.1 Å². The van der Waals surface area contributed by atoms with Gasteiger partial charge in [-0.05, 0) is 36.4 Å². The molecule has 6 heteroatoms. The quantitative estimate of drug-likeness (QED) is 0.823. The molecule has 2 N–H and O–H groups in total. The van der Waals surface area contributed by atoms with Crippen LogP contribution in [0.4, 0.5) is 10.1 Å². The van der Waals surface area contributed by atoms with Crippen LogP contribution in [0.25, 0.3) is 0 Å². The molecule has 0 bridgehead atoms. The molecule has 2 aromatic rings. The van der Waals surface area contributed by atoms with Crippen LogP contribution in [-0.2, 0) is 4.79 Å². The number of amides is 1. The summed E-state index contributed by atoms with van der Waals surface area (Å²) in [4.78, 5) is 15.6. The number of carbonyl (C=O) groups is 1. The summed E-state index contributed by atoms with van der Waals surface area (Å²) in [7, 11) is 0. The Morgan fingerprint density at radius 1 is 1.23 bits per heavy atom. The van der Waals surface area contributed by atoms with Gasteiger partial charge in [0.15, 0.2) is 11.8 Å². The van der Waals surface area contributed by atoms with Gasteiger partial charge in [-0.2, -0.15) is 0 Å². The lowest BCUT2D eigenvalue weighted by Crippen LogP contribution is -3.15. The van der Waals surface area contributed by atoms with E-state index in [0.717, 1.165) is 37.6 Å². The van der Waals surface area contributed by atoms with Crippen LogP contribution in [0.1, 0.15) is 25.6 Å². The van der Waals surface area contributed by atoms with Crippen LogP contribution in [0, 0.1) is 11.7 Å². The van der Waals surface area contributed by atoms with Crippen molar-refractivity contribution in [1.82, 2.24) is 5.32 Å². The summed E-state index contributed by atoms with van der Waals surface area (Å²) >= 11 is 0. The topological polar surface area (TPSA) is 49.9 Å². The minimum absolute atomic E-state index is 0.0300. The van der Waals surface area contributed by atoms with Crippen molar-refractivity contribution in [3.63, 3.8) is 0 Å². The zero-order valence-electron chi connectivity index (χ0n) is 15.4. The lowest BCUT2D eigenvalue weighted by atomic mass is 10.1. The van der Waals surface area contributed by atoms with E-state index >= 15 is 0 Å². The Kier molecular flexibility index (Phi) is 5.93. The number of quaternary nitrogens is 1. The molecule has 1 aromatic carbocycles. The molecular weight excluding hydrogens is 333 g/mol. The first kappa shape index (κ1) is 18.5. The van der Waals surface area contributed by atoms with Crippen molar-refractivity contribution >= 4 is 11.6 Å². The average Bonchev–Trinajstić information content (AvgIpc) is 3.17. The highest BCUT2D eigenvalue weighted by Gasteiger charge is 2.31. The van der Waals surface area contributed by atoms with Crippen molar-refractivity contribution in [3.8, 4) is 0 Å². The van der Waals surface area contributed by atoms with Gasteiger partial charge in [0.2, 0.25) is 5.91 Å². The lowest BCUT2D eigenvalue weighted by molar-refractivity contribution is -0.932. The molecule has 1 fully saturated rings. The van der Waals surface area contributed by atoms with Crippen molar-refractivity contribution in [3.05, 3.63) is 54.2 Å². The third-order valence-electron chi connectivity index (χ3n) is 4.98. The first-order chi connectivity index (χ1) is 12.5. The van der Waals surface area contributed by atoms with Crippen molar-refractivity contribution in [1.29, 1.82) is 0 Å². The molecule has 0 aliphatic carbocycles. The Labute approximate surface area is 153 Å². The summed E-state index contributed by atoms with van der Waals surface area (Å²) in [5.41, 5.74) is 1.05. The molecule has 0 unspecified atom stereocenters. The molecule has 2 heterocycles. The first-order valence-corrected chi connectivity index (χ1v) is 9.21. The molecule has 0 saturated carbocycles. The highest BCUT2D eigenvalue weighted by Crippen LogP contribution is 2.16. The van der Waals surface area contributed by atoms with E-state index in [4.69, 9.17) is 4.42 Å². The van der Waals surface area contributed by atoms with E-state index in [1.165, 1.54) is 17.0 Å². The number of hydrogen-bond acceptors (Lipinski definition) is 3. The highest BCUT2D eigenvalue weighted by molar-refractivity contribution is 5.77. The zero-order chi connectivity index (χ0) is 18.5. The third kappa shape index (κ3) is 4.43. The molecule has 140 valence electrons. The maximum Gasteiger partial charge on any atom is 0.222 e. The maximum atomic E-state index is 13.1. The molecule has 0 radical (unpaired) electrons. The Morgan fingerprint density at radius 2 is 1.92 bits per heavy atom. The fourth-order valence-electron chi connectivity index (χ4n) is 3.39. The summed E-state index contributed by atoms with van der Waals surface area (Å²) < 4.78 is 18.8. The predicted molar refractivity (Wildman–Crippen MR) is 98.6 cm³/mol. The van der Waals surface area contributed by atoms with Gasteiger partial charge in [-0.1, -0.05) is 13.8 Å². The third-order valence-corrected chi connectivity index (χ3v) is 4.98.